The molecule has 0 spiro atoms. The number of aromatic nitrogens is 1. The number of carboxylic acids is 1. The molecule has 36 heavy (non-hydrogen) atoms. The zero-order valence-electron chi connectivity index (χ0n) is 19.8. The van der Waals surface area contributed by atoms with Gasteiger partial charge < -0.3 is 43.2 Å². The quantitative estimate of drug-likeness (QED) is 0.129. The van der Waals surface area contributed by atoms with E-state index in [0.29, 0.717) is 19.4 Å². The number of hydrogen-bond donors (Lipinski definition) is 8. The molecule has 3 atom stereocenters. The summed E-state index contributed by atoms with van der Waals surface area (Å²) in [6, 6.07) is 3.68. The van der Waals surface area contributed by atoms with Gasteiger partial charge in [0, 0.05) is 23.5 Å². The van der Waals surface area contributed by atoms with Crippen LogP contribution in [0.3, 0.4) is 0 Å². The second kappa shape index (κ2) is 13.8. The highest BCUT2D eigenvalue weighted by atomic mass is 16.4. The van der Waals surface area contributed by atoms with Crippen molar-refractivity contribution in [2.45, 2.75) is 50.2 Å². The van der Waals surface area contributed by atoms with E-state index in [1.54, 1.807) is 6.20 Å². The summed E-state index contributed by atoms with van der Waals surface area (Å²) in [5.74, 6) is -4.37. The van der Waals surface area contributed by atoms with Crippen molar-refractivity contribution >= 4 is 40.5 Å². The summed E-state index contributed by atoms with van der Waals surface area (Å²) in [6.07, 6.45) is 2.41. The first-order chi connectivity index (χ1) is 17.2. The van der Waals surface area contributed by atoms with Gasteiger partial charge in [0.1, 0.15) is 18.1 Å². The lowest BCUT2D eigenvalue weighted by Crippen LogP contribution is -2.57. The Morgan fingerprint density at radius 3 is 2.22 bits per heavy atom. The van der Waals surface area contributed by atoms with E-state index in [9.17, 15) is 29.1 Å². The highest BCUT2D eigenvalue weighted by Gasteiger charge is 2.30. The Kier molecular flexibility index (Phi) is 10.8. The third kappa shape index (κ3) is 8.36. The zero-order chi connectivity index (χ0) is 26.7. The van der Waals surface area contributed by atoms with Gasteiger partial charge >= 0.3 is 5.97 Å². The maximum absolute atomic E-state index is 13.2. The van der Waals surface area contributed by atoms with Crippen LogP contribution in [0.1, 0.15) is 31.2 Å². The van der Waals surface area contributed by atoms with Gasteiger partial charge in [-0.2, -0.15) is 0 Å². The van der Waals surface area contributed by atoms with Gasteiger partial charge in [-0.25, -0.2) is 4.79 Å². The first kappa shape index (κ1) is 28.3. The molecular weight excluding hydrogens is 470 g/mol. The van der Waals surface area contributed by atoms with Gasteiger partial charge in [-0.05, 0) is 37.4 Å². The smallest absolute Gasteiger partial charge is 0.326 e. The molecule has 0 saturated carbocycles. The Balaban J connectivity index is 2.23. The Labute approximate surface area is 207 Å². The van der Waals surface area contributed by atoms with Crippen molar-refractivity contribution < 1.29 is 29.1 Å². The van der Waals surface area contributed by atoms with Crippen LogP contribution in [0.15, 0.2) is 30.5 Å². The van der Waals surface area contributed by atoms with Gasteiger partial charge in [0.15, 0.2) is 0 Å². The van der Waals surface area contributed by atoms with Gasteiger partial charge in [-0.1, -0.05) is 18.2 Å². The van der Waals surface area contributed by atoms with E-state index in [1.807, 2.05) is 24.3 Å². The summed E-state index contributed by atoms with van der Waals surface area (Å²) in [4.78, 5) is 63.9. The molecule has 3 unspecified atom stereocenters. The Morgan fingerprint density at radius 2 is 1.58 bits per heavy atom. The topological polar surface area (TPSA) is 236 Å². The summed E-state index contributed by atoms with van der Waals surface area (Å²) in [5, 5.41) is 17.6. The third-order valence-electron chi connectivity index (χ3n) is 5.54. The number of rotatable bonds is 15. The minimum atomic E-state index is -1.55. The minimum absolute atomic E-state index is 0.109. The van der Waals surface area contributed by atoms with Gasteiger partial charge in [0.2, 0.25) is 23.6 Å². The van der Waals surface area contributed by atoms with Crippen molar-refractivity contribution in [1.29, 1.82) is 0 Å². The number of H-pyrrole nitrogens is 1. The molecule has 2 aromatic rings. The molecule has 0 aliphatic heterocycles. The summed E-state index contributed by atoms with van der Waals surface area (Å²) in [7, 11) is 0. The second-order valence-corrected chi connectivity index (χ2v) is 8.30. The molecule has 1 aromatic carbocycles. The Hall–Kier alpha value is -3.97. The number of aromatic amines is 1. The molecule has 0 aliphatic rings. The fraction of sp³-hybridized carbons (Fsp3) is 0.435. The number of para-hydroxylation sites is 1. The van der Waals surface area contributed by atoms with Crippen molar-refractivity contribution in [3.8, 4) is 0 Å². The SMILES string of the molecule is NCCCCC(NC(=O)C(Cc1c[nH]c2ccccc12)NC(=O)CN)C(=O)NC(CC(N)=O)C(=O)O. The molecule has 0 fully saturated rings. The second-order valence-electron chi connectivity index (χ2n) is 8.30. The number of carboxylic acid groups (broad SMARTS) is 1. The van der Waals surface area contributed by atoms with E-state index in [1.165, 1.54) is 0 Å². The number of carbonyl (C=O) groups excluding carboxylic acids is 4. The standard InChI is InChI=1S/C23H33N7O6/c24-8-4-3-7-16(21(33)30-18(23(35)36)10-19(26)31)29-22(34)17(28-20(32)11-25)9-13-12-27-15-6-2-1-5-14(13)15/h1-2,5-6,12,16-18,27H,3-4,7-11,24-25H2,(H2,26,31)(H,28,32)(H,29,34)(H,30,33)(H,35,36). The number of benzene rings is 1. The lowest BCUT2D eigenvalue weighted by atomic mass is 10.0. The molecule has 11 N–H and O–H groups in total. The van der Waals surface area contributed by atoms with Crippen molar-refractivity contribution in [3.63, 3.8) is 0 Å². The van der Waals surface area contributed by atoms with Crippen LogP contribution in [0.5, 0.6) is 0 Å². The largest absolute Gasteiger partial charge is 0.480 e. The molecule has 13 heteroatoms. The van der Waals surface area contributed by atoms with Gasteiger partial charge in [0.25, 0.3) is 0 Å². The van der Waals surface area contributed by atoms with E-state index in [2.05, 4.69) is 20.9 Å². The van der Waals surface area contributed by atoms with Crippen LogP contribution in [0.25, 0.3) is 10.9 Å². The number of nitrogens with one attached hydrogen (secondary N) is 4. The van der Waals surface area contributed by atoms with Gasteiger partial charge in [0.05, 0.1) is 13.0 Å². The van der Waals surface area contributed by atoms with E-state index in [4.69, 9.17) is 17.2 Å². The average molecular weight is 504 g/mol. The predicted octanol–water partition coefficient (Wildman–Crippen LogP) is -1.79. The van der Waals surface area contributed by atoms with E-state index in [0.717, 1.165) is 16.5 Å². The lowest BCUT2D eigenvalue weighted by Gasteiger charge is -2.24. The molecule has 0 bridgehead atoms. The summed E-state index contributed by atoms with van der Waals surface area (Å²) < 4.78 is 0. The molecule has 0 saturated heterocycles. The van der Waals surface area contributed by atoms with Crippen molar-refractivity contribution in [3.05, 3.63) is 36.0 Å². The zero-order valence-corrected chi connectivity index (χ0v) is 19.8. The lowest BCUT2D eigenvalue weighted by molar-refractivity contribution is -0.143. The number of amides is 4. The maximum Gasteiger partial charge on any atom is 0.326 e. The fourth-order valence-corrected chi connectivity index (χ4v) is 3.69. The number of nitrogens with two attached hydrogens (primary N) is 3. The number of unbranched alkanes of at least 4 members (excludes halogenated alkanes) is 1. The normalized spacial score (nSPS) is 13.4. The Morgan fingerprint density at radius 1 is 0.917 bits per heavy atom. The Bertz CT molecular complexity index is 1090. The highest BCUT2D eigenvalue weighted by molar-refractivity contribution is 5.95. The van der Waals surface area contributed by atoms with Crippen molar-refractivity contribution in [2.24, 2.45) is 17.2 Å². The summed E-state index contributed by atoms with van der Waals surface area (Å²) >= 11 is 0. The van der Waals surface area contributed by atoms with Crippen LogP contribution in [0.4, 0.5) is 0 Å². The van der Waals surface area contributed by atoms with Crippen LogP contribution >= 0.6 is 0 Å². The monoisotopic (exact) mass is 503 g/mol. The van der Waals surface area contributed by atoms with E-state index >= 15 is 0 Å². The van der Waals surface area contributed by atoms with Crippen LogP contribution in [0.2, 0.25) is 0 Å². The molecule has 2 rings (SSSR count). The molecule has 0 radical (unpaired) electrons. The predicted molar refractivity (Wildman–Crippen MR) is 131 cm³/mol. The fourth-order valence-electron chi connectivity index (χ4n) is 3.69. The van der Waals surface area contributed by atoms with E-state index < -0.39 is 54.1 Å². The highest BCUT2D eigenvalue weighted by Crippen LogP contribution is 2.19. The van der Waals surface area contributed by atoms with Crippen LogP contribution in [0, 0.1) is 0 Å². The summed E-state index contributed by atoms with van der Waals surface area (Å²) in [5.41, 5.74) is 17.6. The van der Waals surface area contributed by atoms with Crippen LogP contribution < -0.4 is 33.2 Å². The molecule has 196 valence electrons. The third-order valence-corrected chi connectivity index (χ3v) is 5.54. The van der Waals surface area contributed by atoms with Crippen molar-refractivity contribution in [1.82, 2.24) is 20.9 Å². The minimum Gasteiger partial charge on any atom is -0.480 e. The van der Waals surface area contributed by atoms with Gasteiger partial charge in [-0.15, -0.1) is 0 Å². The number of hydrogen-bond acceptors (Lipinski definition) is 7. The first-order valence-electron chi connectivity index (χ1n) is 11.5. The molecule has 13 nitrogen and oxygen atoms in total. The molecule has 4 amide bonds. The van der Waals surface area contributed by atoms with Crippen molar-refractivity contribution in [2.75, 3.05) is 13.1 Å². The average Bonchev–Trinajstić information content (AvgIpc) is 3.24. The van der Waals surface area contributed by atoms with Crippen LogP contribution in [-0.2, 0) is 30.4 Å². The molecular formula is C23H33N7O6. The number of fused-ring (bicyclic) bond motifs is 1. The van der Waals surface area contributed by atoms with Crippen LogP contribution in [-0.4, -0.2) is 70.9 Å². The molecule has 1 heterocycles. The maximum atomic E-state index is 13.2. The number of primary amides is 1. The molecule has 0 aliphatic carbocycles. The van der Waals surface area contributed by atoms with Gasteiger partial charge in [-0.3, -0.25) is 19.2 Å². The first-order valence-corrected chi connectivity index (χ1v) is 11.5. The van der Waals surface area contributed by atoms with E-state index in [-0.39, 0.29) is 19.4 Å². The molecule has 1 aromatic heterocycles. The summed E-state index contributed by atoms with van der Waals surface area (Å²) in [6.45, 7) is 0.0168. The number of aliphatic carboxylic acids is 1. The number of carbonyl (C=O) groups is 5.